The Balaban J connectivity index is 1.56. The molecule has 1 aliphatic heterocycles. The highest BCUT2D eigenvalue weighted by Gasteiger charge is 2.19. The average Bonchev–Trinajstić information content (AvgIpc) is 2.99. The van der Waals surface area contributed by atoms with Gasteiger partial charge in [0.15, 0.2) is 0 Å². The lowest BCUT2D eigenvalue weighted by Crippen LogP contribution is -2.47. The summed E-state index contributed by atoms with van der Waals surface area (Å²) in [6.07, 6.45) is 0.471. The number of rotatable bonds is 5. The third-order valence-electron chi connectivity index (χ3n) is 4.44. The minimum Gasteiger partial charge on any atom is -0.380 e. The summed E-state index contributed by atoms with van der Waals surface area (Å²) in [5.74, 6) is 0.221. The van der Waals surface area contributed by atoms with E-state index >= 15 is 0 Å². The van der Waals surface area contributed by atoms with Crippen LogP contribution >= 0.6 is 11.3 Å². The van der Waals surface area contributed by atoms with Crippen LogP contribution in [-0.4, -0.2) is 53.9 Å². The highest BCUT2D eigenvalue weighted by atomic mass is 32.1. The molecule has 0 spiro atoms. The topological polar surface area (TPSA) is 48.5 Å². The number of nitrogens with zero attached hydrogens (tertiary/aromatic N) is 3. The highest BCUT2D eigenvalue weighted by Crippen LogP contribution is 2.17. The van der Waals surface area contributed by atoms with Crippen molar-refractivity contribution in [3.8, 4) is 0 Å². The minimum absolute atomic E-state index is 0.221. The summed E-state index contributed by atoms with van der Waals surface area (Å²) in [5, 5.41) is 3.43. The number of carbonyl (C=O) groups excluding carboxylic acids is 1. The molecule has 2 aromatic rings. The Labute approximate surface area is 147 Å². The van der Waals surface area contributed by atoms with Crippen molar-refractivity contribution in [2.45, 2.75) is 19.9 Å². The van der Waals surface area contributed by atoms with Gasteiger partial charge in [0.2, 0.25) is 5.91 Å². The number of carbonyl (C=O) groups is 1. The lowest BCUT2D eigenvalue weighted by atomic mass is 10.1. The molecule has 1 aromatic heterocycles. The van der Waals surface area contributed by atoms with E-state index in [4.69, 9.17) is 0 Å². The maximum Gasteiger partial charge on any atom is 0.227 e. The number of nitrogens with one attached hydrogen (secondary N) is 1. The molecule has 5 nitrogen and oxygen atoms in total. The lowest BCUT2D eigenvalue weighted by molar-refractivity contribution is -0.132. The second-order valence-electron chi connectivity index (χ2n) is 6.28. The quantitative estimate of drug-likeness (QED) is 0.905. The van der Waals surface area contributed by atoms with Crippen molar-refractivity contribution >= 4 is 22.9 Å². The van der Waals surface area contributed by atoms with Gasteiger partial charge in [-0.2, -0.15) is 0 Å². The fourth-order valence-corrected chi connectivity index (χ4v) is 3.53. The standard InChI is InChI=1S/C18H24N4OS/c1-14-17(24-13-20-14)12-19-16-5-3-4-15(10-16)11-18(23)22-8-6-21(2)7-9-22/h3-5,10,13,19H,6-9,11-12H2,1-2H3. The Morgan fingerprint density at radius 3 is 2.79 bits per heavy atom. The summed E-state index contributed by atoms with van der Waals surface area (Å²) in [6.45, 7) is 6.38. The fourth-order valence-electron chi connectivity index (χ4n) is 2.81. The number of aromatic nitrogens is 1. The summed E-state index contributed by atoms with van der Waals surface area (Å²) < 4.78 is 0. The SMILES string of the molecule is Cc1ncsc1CNc1cccc(CC(=O)N2CCN(C)CC2)c1. The van der Waals surface area contributed by atoms with Gasteiger partial charge in [0.25, 0.3) is 0 Å². The molecule has 0 unspecified atom stereocenters. The Hall–Kier alpha value is -1.92. The highest BCUT2D eigenvalue weighted by molar-refractivity contribution is 7.09. The van der Waals surface area contributed by atoms with Gasteiger partial charge in [-0.15, -0.1) is 11.3 Å². The third kappa shape index (κ3) is 4.33. The van der Waals surface area contributed by atoms with Gasteiger partial charge >= 0.3 is 0 Å². The Morgan fingerprint density at radius 1 is 1.29 bits per heavy atom. The molecule has 1 saturated heterocycles. The zero-order valence-electron chi connectivity index (χ0n) is 14.3. The van der Waals surface area contributed by atoms with Crippen molar-refractivity contribution < 1.29 is 4.79 Å². The second-order valence-corrected chi connectivity index (χ2v) is 7.22. The lowest BCUT2D eigenvalue weighted by Gasteiger charge is -2.32. The molecule has 1 aliphatic rings. The van der Waals surface area contributed by atoms with Crippen LogP contribution in [0, 0.1) is 6.92 Å². The zero-order chi connectivity index (χ0) is 16.9. The van der Waals surface area contributed by atoms with Crippen molar-refractivity contribution in [2.24, 2.45) is 0 Å². The molecule has 0 atom stereocenters. The summed E-state index contributed by atoms with van der Waals surface area (Å²) >= 11 is 1.66. The predicted octanol–water partition coefficient (Wildman–Crippen LogP) is 2.38. The van der Waals surface area contributed by atoms with Crippen LogP contribution in [0.2, 0.25) is 0 Å². The molecule has 1 aromatic carbocycles. The van der Waals surface area contributed by atoms with Crippen LogP contribution in [-0.2, 0) is 17.8 Å². The number of amides is 1. The van der Waals surface area contributed by atoms with Crippen LogP contribution in [0.25, 0.3) is 0 Å². The molecule has 1 N–H and O–H groups in total. The van der Waals surface area contributed by atoms with Crippen LogP contribution < -0.4 is 5.32 Å². The summed E-state index contributed by atoms with van der Waals surface area (Å²) in [5.41, 5.74) is 5.06. The maximum atomic E-state index is 12.5. The van der Waals surface area contributed by atoms with Gasteiger partial charge in [0, 0.05) is 36.7 Å². The van der Waals surface area contributed by atoms with E-state index in [-0.39, 0.29) is 5.91 Å². The molecule has 1 fully saturated rings. The molecule has 2 heterocycles. The zero-order valence-corrected chi connectivity index (χ0v) is 15.1. The van der Waals surface area contributed by atoms with Crippen LogP contribution in [0.15, 0.2) is 29.8 Å². The van der Waals surface area contributed by atoms with Crippen LogP contribution in [0.4, 0.5) is 5.69 Å². The van der Waals surface area contributed by atoms with E-state index in [2.05, 4.69) is 28.3 Å². The second kappa shape index (κ2) is 7.77. The van der Waals surface area contributed by atoms with Crippen LogP contribution in [0.5, 0.6) is 0 Å². The van der Waals surface area contributed by atoms with Gasteiger partial charge in [-0.1, -0.05) is 12.1 Å². The third-order valence-corrected chi connectivity index (χ3v) is 5.37. The van der Waals surface area contributed by atoms with E-state index in [0.717, 1.165) is 49.7 Å². The number of benzene rings is 1. The van der Waals surface area contributed by atoms with Gasteiger partial charge in [-0.3, -0.25) is 4.79 Å². The first kappa shape index (κ1) is 16.9. The summed E-state index contributed by atoms with van der Waals surface area (Å²) in [6, 6.07) is 8.15. The smallest absolute Gasteiger partial charge is 0.227 e. The summed E-state index contributed by atoms with van der Waals surface area (Å²) in [4.78, 5) is 22.2. The van der Waals surface area contributed by atoms with E-state index in [9.17, 15) is 4.79 Å². The molecule has 128 valence electrons. The van der Waals surface area contributed by atoms with Gasteiger partial charge in [-0.25, -0.2) is 4.98 Å². The molecule has 0 bridgehead atoms. The first-order valence-electron chi connectivity index (χ1n) is 8.30. The van der Waals surface area contributed by atoms with Crippen molar-refractivity contribution in [3.63, 3.8) is 0 Å². The molecule has 24 heavy (non-hydrogen) atoms. The number of likely N-dealkylation sites (N-methyl/N-ethyl adjacent to an activating group) is 1. The van der Waals surface area contributed by atoms with Crippen LogP contribution in [0.1, 0.15) is 16.1 Å². The number of hydrogen-bond donors (Lipinski definition) is 1. The number of hydrogen-bond acceptors (Lipinski definition) is 5. The normalized spacial score (nSPS) is 15.5. The molecular formula is C18H24N4OS. The Morgan fingerprint density at radius 2 is 2.08 bits per heavy atom. The molecule has 0 aliphatic carbocycles. The number of thiazole rings is 1. The first-order valence-corrected chi connectivity index (χ1v) is 9.18. The number of aryl methyl sites for hydroxylation is 1. The van der Waals surface area contributed by atoms with E-state index < -0.39 is 0 Å². The largest absolute Gasteiger partial charge is 0.380 e. The Bertz CT molecular complexity index is 692. The van der Waals surface area contributed by atoms with Gasteiger partial charge in [-0.05, 0) is 31.7 Å². The van der Waals surface area contributed by atoms with Crippen molar-refractivity contribution in [2.75, 3.05) is 38.5 Å². The monoisotopic (exact) mass is 344 g/mol. The van der Waals surface area contributed by atoms with E-state index in [1.165, 1.54) is 4.88 Å². The molecule has 0 radical (unpaired) electrons. The minimum atomic E-state index is 0.221. The number of anilines is 1. The van der Waals surface area contributed by atoms with Gasteiger partial charge in [0.1, 0.15) is 0 Å². The maximum absolute atomic E-state index is 12.5. The molecular weight excluding hydrogens is 320 g/mol. The molecule has 6 heteroatoms. The van der Waals surface area contributed by atoms with E-state index in [0.29, 0.717) is 6.42 Å². The first-order chi connectivity index (χ1) is 11.6. The Kier molecular flexibility index (Phi) is 5.48. The predicted molar refractivity (Wildman–Crippen MR) is 98.4 cm³/mol. The fraction of sp³-hybridized carbons (Fsp3) is 0.444. The molecule has 1 amide bonds. The number of piperazine rings is 1. The van der Waals surface area contributed by atoms with Crippen molar-refractivity contribution in [3.05, 3.63) is 45.9 Å². The summed E-state index contributed by atoms with van der Waals surface area (Å²) in [7, 11) is 2.10. The van der Waals surface area contributed by atoms with Gasteiger partial charge < -0.3 is 15.1 Å². The molecule has 3 rings (SSSR count). The van der Waals surface area contributed by atoms with E-state index in [1.54, 1.807) is 11.3 Å². The van der Waals surface area contributed by atoms with Crippen molar-refractivity contribution in [1.29, 1.82) is 0 Å². The van der Waals surface area contributed by atoms with Crippen LogP contribution in [0.3, 0.4) is 0 Å². The van der Waals surface area contributed by atoms with E-state index in [1.807, 2.05) is 35.5 Å². The van der Waals surface area contributed by atoms with Gasteiger partial charge in [0.05, 0.1) is 24.2 Å². The average molecular weight is 344 g/mol. The van der Waals surface area contributed by atoms with Crippen molar-refractivity contribution in [1.82, 2.24) is 14.8 Å². The molecule has 0 saturated carbocycles.